The van der Waals surface area contributed by atoms with Crippen LogP contribution in [0.25, 0.3) is 0 Å². The molecular formula is C18H27N3O2. The van der Waals surface area contributed by atoms with Crippen molar-refractivity contribution in [1.29, 1.82) is 0 Å². The number of hydrogen-bond donors (Lipinski definition) is 1. The summed E-state index contributed by atoms with van der Waals surface area (Å²) >= 11 is 0. The molecule has 0 saturated carbocycles. The molecule has 1 atom stereocenters. The number of hydrogen-bond acceptors (Lipinski definition) is 3. The summed E-state index contributed by atoms with van der Waals surface area (Å²) in [6.45, 7) is 6.45. The highest BCUT2D eigenvalue weighted by molar-refractivity contribution is 5.77. The lowest BCUT2D eigenvalue weighted by Gasteiger charge is -2.29. The number of aromatic nitrogens is 1. The molecule has 1 aliphatic carbocycles. The minimum Gasteiger partial charge on any atom is -0.341 e. The van der Waals surface area contributed by atoms with Crippen molar-refractivity contribution in [2.24, 2.45) is 0 Å². The van der Waals surface area contributed by atoms with Crippen molar-refractivity contribution in [3.8, 4) is 0 Å². The summed E-state index contributed by atoms with van der Waals surface area (Å²) in [4.78, 5) is 25.9. The van der Waals surface area contributed by atoms with Gasteiger partial charge in [0.25, 0.3) is 5.56 Å². The molecule has 1 aromatic heterocycles. The molecule has 1 aliphatic heterocycles. The van der Waals surface area contributed by atoms with Crippen molar-refractivity contribution in [2.45, 2.75) is 64.6 Å². The zero-order valence-corrected chi connectivity index (χ0v) is 14.2. The van der Waals surface area contributed by atoms with Crippen LogP contribution >= 0.6 is 0 Å². The second-order valence-electron chi connectivity index (χ2n) is 7.04. The summed E-state index contributed by atoms with van der Waals surface area (Å²) < 4.78 is 1.90. The number of amides is 1. The van der Waals surface area contributed by atoms with E-state index in [1.807, 2.05) is 15.5 Å². The van der Waals surface area contributed by atoms with Gasteiger partial charge in [-0.05, 0) is 31.2 Å². The summed E-state index contributed by atoms with van der Waals surface area (Å²) in [5.41, 5.74) is 2.51. The number of likely N-dealkylation sites (tertiary alicyclic amines) is 1. The Bertz CT molecular complexity index is 636. The first-order chi connectivity index (χ1) is 11.0. The first kappa shape index (κ1) is 16.2. The highest BCUT2D eigenvalue weighted by atomic mass is 16.2. The van der Waals surface area contributed by atoms with Crippen LogP contribution in [-0.2, 0) is 24.2 Å². The van der Waals surface area contributed by atoms with Gasteiger partial charge in [-0.15, -0.1) is 0 Å². The van der Waals surface area contributed by atoms with Crippen LogP contribution in [0.1, 0.15) is 44.4 Å². The third kappa shape index (κ3) is 3.66. The van der Waals surface area contributed by atoms with Crippen LogP contribution in [0.15, 0.2) is 16.9 Å². The van der Waals surface area contributed by atoms with Crippen LogP contribution in [0.4, 0.5) is 0 Å². The van der Waals surface area contributed by atoms with E-state index in [2.05, 4.69) is 19.2 Å². The minimum atomic E-state index is 0.0608. The van der Waals surface area contributed by atoms with E-state index in [4.69, 9.17) is 0 Å². The van der Waals surface area contributed by atoms with Crippen molar-refractivity contribution in [3.05, 3.63) is 33.7 Å². The Morgan fingerprint density at radius 1 is 1.22 bits per heavy atom. The Morgan fingerprint density at radius 2 is 2.04 bits per heavy atom. The molecule has 1 fully saturated rings. The van der Waals surface area contributed by atoms with Crippen LogP contribution < -0.4 is 10.9 Å². The number of carbonyl (C=O) groups is 1. The number of rotatable bonds is 5. The van der Waals surface area contributed by atoms with E-state index in [0.29, 0.717) is 31.6 Å². The number of pyridine rings is 1. The SMILES string of the molecule is CC(C)N[C@@H]1CCc2c(ccc(=O)n2CCN2CCCC2=O)C1. The fourth-order valence-electron chi connectivity index (χ4n) is 3.84. The van der Waals surface area contributed by atoms with Gasteiger partial charge in [0.15, 0.2) is 0 Å². The lowest BCUT2D eigenvalue weighted by molar-refractivity contribution is -0.127. The number of nitrogens with zero attached hydrogens (tertiary/aromatic N) is 2. The fourth-order valence-corrected chi connectivity index (χ4v) is 3.84. The van der Waals surface area contributed by atoms with Gasteiger partial charge in [-0.2, -0.15) is 0 Å². The number of fused-ring (bicyclic) bond motifs is 1. The van der Waals surface area contributed by atoms with Crippen molar-refractivity contribution in [2.75, 3.05) is 13.1 Å². The van der Waals surface area contributed by atoms with Gasteiger partial charge in [-0.3, -0.25) is 9.59 Å². The second-order valence-corrected chi connectivity index (χ2v) is 7.04. The van der Waals surface area contributed by atoms with Gasteiger partial charge in [0.05, 0.1) is 0 Å². The predicted molar refractivity (Wildman–Crippen MR) is 90.6 cm³/mol. The van der Waals surface area contributed by atoms with E-state index in [9.17, 15) is 9.59 Å². The quantitative estimate of drug-likeness (QED) is 0.891. The largest absolute Gasteiger partial charge is 0.341 e. The van der Waals surface area contributed by atoms with Crippen molar-refractivity contribution >= 4 is 5.91 Å². The van der Waals surface area contributed by atoms with Gasteiger partial charge in [-0.25, -0.2) is 0 Å². The zero-order valence-electron chi connectivity index (χ0n) is 14.2. The summed E-state index contributed by atoms with van der Waals surface area (Å²) in [5, 5.41) is 3.60. The fraction of sp³-hybridized carbons (Fsp3) is 0.667. The molecule has 0 bridgehead atoms. The molecule has 1 amide bonds. The summed E-state index contributed by atoms with van der Waals surface area (Å²) in [6.07, 6.45) is 4.59. The first-order valence-electron chi connectivity index (χ1n) is 8.80. The Balaban J connectivity index is 1.74. The third-order valence-corrected chi connectivity index (χ3v) is 4.92. The smallest absolute Gasteiger partial charge is 0.250 e. The average Bonchev–Trinajstić information content (AvgIpc) is 2.91. The van der Waals surface area contributed by atoms with Crippen molar-refractivity contribution < 1.29 is 4.79 Å². The van der Waals surface area contributed by atoms with E-state index in [-0.39, 0.29) is 11.5 Å². The molecule has 5 nitrogen and oxygen atoms in total. The van der Waals surface area contributed by atoms with E-state index in [0.717, 1.165) is 32.2 Å². The molecule has 3 rings (SSSR count). The van der Waals surface area contributed by atoms with Crippen LogP contribution in [0.2, 0.25) is 0 Å². The maximum Gasteiger partial charge on any atom is 0.250 e. The van der Waals surface area contributed by atoms with Crippen LogP contribution in [0.3, 0.4) is 0 Å². The molecule has 126 valence electrons. The van der Waals surface area contributed by atoms with E-state index >= 15 is 0 Å². The van der Waals surface area contributed by atoms with Gasteiger partial charge in [-0.1, -0.05) is 19.9 Å². The number of nitrogens with one attached hydrogen (secondary N) is 1. The highest BCUT2D eigenvalue weighted by Gasteiger charge is 2.23. The minimum absolute atomic E-state index is 0.0608. The van der Waals surface area contributed by atoms with Crippen LogP contribution in [0, 0.1) is 0 Å². The van der Waals surface area contributed by atoms with Gasteiger partial charge in [0.1, 0.15) is 0 Å². The maximum atomic E-state index is 12.3. The molecule has 2 heterocycles. The molecule has 0 unspecified atom stereocenters. The second kappa shape index (κ2) is 6.87. The first-order valence-corrected chi connectivity index (χ1v) is 8.80. The lowest BCUT2D eigenvalue weighted by Crippen LogP contribution is -2.41. The highest BCUT2D eigenvalue weighted by Crippen LogP contribution is 2.21. The summed E-state index contributed by atoms with van der Waals surface area (Å²) in [7, 11) is 0. The molecule has 5 heteroatoms. The number of carbonyl (C=O) groups excluding carboxylic acids is 1. The van der Waals surface area contributed by atoms with E-state index < -0.39 is 0 Å². The topological polar surface area (TPSA) is 54.3 Å². The van der Waals surface area contributed by atoms with Crippen molar-refractivity contribution in [3.63, 3.8) is 0 Å². The Morgan fingerprint density at radius 3 is 2.74 bits per heavy atom. The van der Waals surface area contributed by atoms with Crippen LogP contribution in [-0.4, -0.2) is 40.5 Å². The van der Waals surface area contributed by atoms with Crippen molar-refractivity contribution in [1.82, 2.24) is 14.8 Å². The molecule has 23 heavy (non-hydrogen) atoms. The van der Waals surface area contributed by atoms with Gasteiger partial charge < -0.3 is 14.8 Å². The summed E-state index contributed by atoms with van der Waals surface area (Å²) in [6, 6.07) is 4.65. The average molecular weight is 317 g/mol. The van der Waals surface area contributed by atoms with Gasteiger partial charge in [0.2, 0.25) is 5.91 Å². The molecule has 1 aromatic rings. The molecule has 0 aromatic carbocycles. The van der Waals surface area contributed by atoms with Gasteiger partial charge in [0, 0.05) is 49.9 Å². The third-order valence-electron chi connectivity index (χ3n) is 4.92. The molecular weight excluding hydrogens is 290 g/mol. The standard InChI is InChI=1S/C18H27N3O2/c1-13(2)19-15-6-7-16-14(12-15)5-8-18(23)21(16)11-10-20-9-3-4-17(20)22/h5,8,13,15,19H,3-4,6-7,9-12H2,1-2H3/t15-/m1/s1. The molecule has 1 saturated heterocycles. The van der Waals surface area contributed by atoms with E-state index in [1.165, 1.54) is 11.3 Å². The molecule has 2 aliphatic rings. The monoisotopic (exact) mass is 317 g/mol. The summed E-state index contributed by atoms with van der Waals surface area (Å²) in [5.74, 6) is 0.226. The normalized spacial score (nSPS) is 21.1. The van der Waals surface area contributed by atoms with E-state index in [1.54, 1.807) is 6.07 Å². The lowest BCUT2D eigenvalue weighted by atomic mass is 9.91. The Hall–Kier alpha value is -1.62. The predicted octanol–water partition coefficient (Wildman–Crippen LogP) is 1.33. The molecule has 0 radical (unpaired) electrons. The zero-order chi connectivity index (χ0) is 16.4. The molecule has 0 spiro atoms. The Labute approximate surface area is 137 Å². The maximum absolute atomic E-state index is 12.3. The molecule has 1 N–H and O–H groups in total. The van der Waals surface area contributed by atoms with Gasteiger partial charge >= 0.3 is 0 Å². The Kier molecular flexibility index (Phi) is 4.85. The van der Waals surface area contributed by atoms with Crippen LogP contribution in [0.5, 0.6) is 0 Å².